The lowest BCUT2D eigenvalue weighted by Gasteiger charge is -2.17. The van der Waals surface area contributed by atoms with Gasteiger partial charge >= 0.3 is 0 Å². The van der Waals surface area contributed by atoms with Gasteiger partial charge in [0, 0.05) is 5.56 Å². The van der Waals surface area contributed by atoms with Crippen molar-refractivity contribution in [1.82, 2.24) is 5.32 Å². The summed E-state index contributed by atoms with van der Waals surface area (Å²) in [5.74, 6) is -1.06. The second-order valence-corrected chi connectivity index (χ2v) is 4.11. The highest BCUT2D eigenvalue weighted by Gasteiger charge is 2.22. The van der Waals surface area contributed by atoms with Gasteiger partial charge in [-0.3, -0.25) is 0 Å². The highest BCUT2D eigenvalue weighted by atomic mass is 19.2. The summed E-state index contributed by atoms with van der Waals surface area (Å²) in [5, 5.41) is 3.09. The molecular weight excluding hydrogens is 236 g/mol. The van der Waals surface area contributed by atoms with Gasteiger partial charge in [0.25, 0.3) is 0 Å². The summed E-state index contributed by atoms with van der Waals surface area (Å²) in [5.41, 5.74) is 0.556. The van der Waals surface area contributed by atoms with Crippen molar-refractivity contribution in [2.75, 3.05) is 6.54 Å². The van der Waals surface area contributed by atoms with Gasteiger partial charge in [0.15, 0.2) is 11.6 Å². The Morgan fingerprint density at radius 2 is 2.00 bits per heavy atom. The summed E-state index contributed by atoms with van der Waals surface area (Å²) < 4.78 is 32.8. The molecule has 0 radical (unpaired) electrons. The van der Waals surface area contributed by atoms with Gasteiger partial charge in [-0.25, -0.2) is 8.78 Å². The number of hydrogen-bond acceptors (Lipinski definition) is 2. The SMILES string of the molecule is CCNC(c1ccco1)c1ccc(C)c(F)c1F. The maximum absolute atomic E-state index is 14.0. The summed E-state index contributed by atoms with van der Waals surface area (Å²) in [6.07, 6.45) is 1.52. The molecule has 0 aliphatic carbocycles. The monoisotopic (exact) mass is 251 g/mol. The van der Waals surface area contributed by atoms with Crippen molar-refractivity contribution in [3.8, 4) is 0 Å². The summed E-state index contributed by atoms with van der Waals surface area (Å²) in [7, 11) is 0. The van der Waals surface area contributed by atoms with Gasteiger partial charge in [-0.1, -0.05) is 19.1 Å². The molecule has 0 aliphatic rings. The first-order valence-electron chi connectivity index (χ1n) is 5.86. The molecule has 18 heavy (non-hydrogen) atoms. The molecule has 96 valence electrons. The normalized spacial score (nSPS) is 12.7. The standard InChI is InChI=1S/C14H15F2NO/c1-3-17-14(11-5-4-8-18-11)10-7-6-9(2)12(15)13(10)16/h4-8,14,17H,3H2,1-2H3. The molecule has 1 unspecified atom stereocenters. The lowest BCUT2D eigenvalue weighted by atomic mass is 10.0. The molecule has 1 atom stereocenters. The van der Waals surface area contributed by atoms with Crippen LogP contribution in [-0.4, -0.2) is 6.54 Å². The predicted molar refractivity (Wildman–Crippen MR) is 65.3 cm³/mol. The molecule has 0 bridgehead atoms. The number of rotatable bonds is 4. The van der Waals surface area contributed by atoms with E-state index in [9.17, 15) is 8.78 Å². The molecule has 1 N–H and O–H groups in total. The third-order valence-corrected chi connectivity index (χ3v) is 2.85. The summed E-state index contributed by atoms with van der Waals surface area (Å²) in [6.45, 7) is 4.07. The van der Waals surface area contributed by atoms with E-state index in [0.717, 1.165) is 0 Å². The average Bonchev–Trinajstić information content (AvgIpc) is 2.88. The minimum atomic E-state index is -0.822. The third-order valence-electron chi connectivity index (χ3n) is 2.85. The quantitative estimate of drug-likeness (QED) is 0.898. The average molecular weight is 251 g/mol. The van der Waals surface area contributed by atoms with Crippen LogP contribution in [0, 0.1) is 18.6 Å². The van der Waals surface area contributed by atoms with Crippen molar-refractivity contribution in [2.24, 2.45) is 0 Å². The third kappa shape index (κ3) is 2.29. The molecule has 0 saturated carbocycles. The highest BCUT2D eigenvalue weighted by molar-refractivity contribution is 5.32. The summed E-state index contributed by atoms with van der Waals surface area (Å²) in [6, 6.07) is 6.15. The van der Waals surface area contributed by atoms with Gasteiger partial charge in [0.1, 0.15) is 5.76 Å². The molecule has 2 rings (SSSR count). The van der Waals surface area contributed by atoms with E-state index in [1.165, 1.54) is 13.2 Å². The number of aryl methyl sites for hydroxylation is 1. The number of hydrogen-bond donors (Lipinski definition) is 1. The topological polar surface area (TPSA) is 25.2 Å². The highest BCUT2D eigenvalue weighted by Crippen LogP contribution is 2.27. The Morgan fingerprint density at radius 3 is 2.61 bits per heavy atom. The lowest BCUT2D eigenvalue weighted by Crippen LogP contribution is -2.23. The van der Waals surface area contributed by atoms with Gasteiger partial charge in [-0.05, 0) is 31.2 Å². The van der Waals surface area contributed by atoms with Crippen LogP contribution in [-0.2, 0) is 0 Å². The Bertz CT molecular complexity index is 523. The fraction of sp³-hybridized carbons (Fsp3) is 0.286. The van der Waals surface area contributed by atoms with E-state index in [2.05, 4.69) is 5.32 Å². The van der Waals surface area contributed by atoms with E-state index in [-0.39, 0.29) is 5.56 Å². The first-order valence-corrected chi connectivity index (χ1v) is 5.86. The lowest BCUT2D eigenvalue weighted by molar-refractivity contribution is 0.429. The van der Waals surface area contributed by atoms with E-state index >= 15 is 0 Å². The molecule has 1 heterocycles. The molecular formula is C14H15F2NO. The predicted octanol–water partition coefficient (Wildman–Crippen LogP) is 3.57. The van der Waals surface area contributed by atoms with Crippen molar-refractivity contribution in [3.05, 3.63) is 59.1 Å². The van der Waals surface area contributed by atoms with Crippen LogP contribution in [0.4, 0.5) is 8.78 Å². The maximum Gasteiger partial charge on any atom is 0.164 e. The summed E-state index contributed by atoms with van der Waals surface area (Å²) >= 11 is 0. The zero-order valence-electron chi connectivity index (χ0n) is 10.3. The van der Waals surface area contributed by atoms with Crippen LogP contribution in [0.5, 0.6) is 0 Å². The molecule has 2 aromatic rings. The van der Waals surface area contributed by atoms with Crippen LogP contribution in [0.25, 0.3) is 0 Å². The van der Waals surface area contributed by atoms with Crippen LogP contribution in [0.2, 0.25) is 0 Å². The molecule has 1 aromatic carbocycles. The van der Waals surface area contributed by atoms with Crippen LogP contribution < -0.4 is 5.32 Å². The second-order valence-electron chi connectivity index (χ2n) is 4.11. The van der Waals surface area contributed by atoms with Crippen molar-refractivity contribution < 1.29 is 13.2 Å². The first-order chi connectivity index (χ1) is 8.65. The number of furan rings is 1. The van der Waals surface area contributed by atoms with Gasteiger partial charge in [0.2, 0.25) is 0 Å². The smallest absolute Gasteiger partial charge is 0.164 e. The molecule has 0 fully saturated rings. The van der Waals surface area contributed by atoms with Gasteiger partial charge in [0.05, 0.1) is 12.3 Å². The molecule has 0 aliphatic heterocycles. The van der Waals surface area contributed by atoms with Crippen LogP contribution >= 0.6 is 0 Å². The van der Waals surface area contributed by atoms with E-state index in [0.29, 0.717) is 17.9 Å². The van der Waals surface area contributed by atoms with Crippen molar-refractivity contribution in [1.29, 1.82) is 0 Å². The van der Waals surface area contributed by atoms with Gasteiger partial charge in [-0.2, -0.15) is 0 Å². The van der Waals surface area contributed by atoms with Crippen LogP contribution in [0.3, 0.4) is 0 Å². The maximum atomic E-state index is 14.0. The Balaban J connectivity index is 2.47. The zero-order chi connectivity index (χ0) is 13.1. The Labute approximate surface area is 105 Å². The van der Waals surface area contributed by atoms with E-state index in [1.807, 2.05) is 6.92 Å². The van der Waals surface area contributed by atoms with Crippen LogP contribution in [0.1, 0.15) is 29.9 Å². The van der Waals surface area contributed by atoms with Gasteiger partial charge in [-0.15, -0.1) is 0 Å². The Kier molecular flexibility index (Phi) is 3.77. The van der Waals surface area contributed by atoms with Crippen LogP contribution in [0.15, 0.2) is 34.9 Å². The fourth-order valence-electron chi connectivity index (χ4n) is 1.91. The molecule has 1 aromatic heterocycles. The number of benzene rings is 1. The van der Waals surface area contributed by atoms with Crippen molar-refractivity contribution in [2.45, 2.75) is 19.9 Å². The fourth-order valence-corrected chi connectivity index (χ4v) is 1.91. The van der Waals surface area contributed by atoms with E-state index < -0.39 is 17.7 Å². The number of nitrogens with one attached hydrogen (secondary N) is 1. The van der Waals surface area contributed by atoms with Crippen molar-refractivity contribution in [3.63, 3.8) is 0 Å². The first kappa shape index (κ1) is 12.8. The molecule has 0 spiro atoms. The Hall–Kier alpha value is -1.68. The largest absolute Gasteiger partial charge is 0.467 e. The second kappa shape index (κ2) is 5.31. The minimum Gasteiger partial charge on any atom is -0.467 e. The zero-order valence-corrected chi connectivity index (χ0v) is 10.3. The molecule has 2 nitrogen and oxygen atoms in total. The van der Waals surface area contributed by atoms with Crippen molar-refractivity contribution >= 4 is 0 Å². The summed E-state index contributed by atoms with van der Waals surface area (Å²) in [4.78, 5) is 0. The van der Waals surface area contributed by atoms with E-state index in [4.69, 9.17) is 4.42 Å². The number of halogens is 2. The van der Waals surface area contributed by atoms with Gasteiger partial charge < -0.3 is 9.73 Å². The molecule has 0 amide bonds. The Morgan fingerprint density at radius 1 is 1.22 bits per heavy atom. The van der Waals surface area contributed by atoms with E-state index in [1.54, 1.807) is 24.3 Å². The molecule has 0 saturated heterocycles. The molecule has 4 heteroatoms. The minimum absolute atomic E-state index is 0.259.